The quantitative estimate of drug-likeness (QED) is 0.778. The van der Waals surface area contributed by atoms with Gasteiger partial charge in [0.2, 0.25) is 5.89 Å². The second kappa shape index (κ2) is 7.70. The van der Waals surface area contributed by atoms with Gasteiger partial charge in [-0.1, -0.05) is 42.8 Å². The topological polar surface area (TPSA) is 88.3 Å². The van der Waals surface area contributed by atoms with E-state index >= 15 is 0 Å². The molecule has 0 aliphatic carbocycles. The summed E-state index contributed by atoms with van der Waals surface area (Å²) in [5.74, 6) is 0.154. The molecule has 2 rings (SSSR count). The minimum Gasteiger partial charge on any atom is -0.480 e. The van der Waals surface area contributed by atoms with Crippen LogP contribution in [0.4, 0.5) is 0 Å². The van der Waals surface area contributed by atoms with Crippen molar-refractivity contribution in [2.75, 3.05) is 0 Å². The Morgan fingerprint density at radius 2 is 2.18 bits per heavy atom. The highest BCUT2D eigenvalue weighted by atomic mass is 16.5. The first-order chi connectivity index (χ1) is 10.6. The second-order valence-corrected chi connectivity index (χ2v) is 5.27. The van der Waals surface area contributed by atoms with Gasteiger partial charge in [-0.05, 0) is 24.5 Å². The largest absolute Gasteiger partial charge is 0.480 e. The Balaban J connectivity index is 1.94. The molecule has 6 nitrogen and oxygen atoms in total. The molecule has 1 aromatic heterocycles. The summed E-state index contributed by atoms with van der Waals surface area (Å²) in [5.41, 5.74) is 2.33. The van der Waals surface area contributed by atoms with Crippen LogP contribution in [0.5, 0.6) is 0 Å². The summed E-state index contributed by atoms with van der Waals surface area (Å²) >= 11 is 0. The Bertz CT molecular complexity index is 625. The third-order valence-electron chi connectivity index (χ3n) is 3.50. The molecule has 0 saturated carbocycles. The van der Waals surface area contributed by atoms with E-state index < -0.39 is 12.0 Å². The Morgan fingerprint density at radius 1 is 1.41 bits per heavy atom. The molecule has 0 amide bonds. The summed E-state index contributed by atoms with van der Waals surface area (Å²) in [4.78, 5) is 15.4. The van der Waals surface area contributed by atoms with Crippen LogP contribution >= 0.6 is 0 Å². The van der Waals surface area contributed by atoms with Gasteiger partial charge in [0, 0.05) is 6.42 Å². The van der Waals surface area contributed by atoms with Crippen LogP contribution in [0.1, 0.15) is 42.6 Å². The summed E-state index contributed by atoms with van der Waals surface area (Å²) in [6, 6.07) is 7.46. The molecule has 6 heteroatoms. The SMILES string of the molecule is CCCC(NCc1nc(Cc2ccccc2C)no1)C(=O)O. The molecule has 1 heterocycles. The van der Waals surface area contributed by atoms with E-state index in [2.05, 4.69) is 15.5 Å². The number of hydrogen-bond acceptors (Lipinski definition) is 5. The van der Waals surface area contributed by atoms with E-state index in [0.717, 1.165) is 12.0 Å². The van der Waals surface area contributed by atoms with Gasteiger partial charge in [-0.15, -0.1) is 0 Å². The van der Waals surface area contributed by atoms with Crippen LogP contribution < -0.4 is 5.32 Å². The van der Waals surface area contributed by atoms with Gasteiger partial charge in [0.1, 0.15) is 6.04 Å². The lowest BCUT2D eigenvalue weighted by atomic mass is 10.1. The zero-order valence-electron chi connectivity index (χ0n) is 12.9. The highest BCUT2D eigenvalue weighted by molar-refractivity contribution is 5.73. The maximum absolute atomic E-state index is 11.1. The predicted octanol–water partition coefficient (Wildman–Crippen LogP) is 2.31. The van der Waals surface area contributed by atoms with Gasteiger partial charge in [-0.2, -0.15) is 4.98 Å². The third-order valence-corrected chi connectivity index (χ3v) is 3.50. The molecule has 22 heavy (non-hydrogen) atoms. The number of aliphatic carboxylic acids is 1. The van der Waals surface area contributed by atoms with Crippen molar-refractivity contribution in [1.29, 1.82) is 0 Å². The Morgan fingerprint density at radius 3 is 2.86 bits per heavy atom. The standard InChI is InChI=1S/C16H21N3O3/c1-3-6-13(16(20)21)17-10-15-18-14(19-22-15)9-12-8-5-4-7-11(12)2/h4-5,7-8,13,17H,3,6,9-10H2,1-2H3,(H,20,21). The van der Waals surface area contributed by atoms with E-state index in [4.69, 9.17) is 9.63 Å². The van der Waals surface area contributed by atoms with Crippen LogP contribution in [-0.4, -0.2) is 27.3 Å². The highest BCUT2D eigenvalue weighted by Gasteiger charge is 2.17. The number of aryl methyl sites for hydroxylation is 1. The molecule has 0 radical (unpaired) electrons. The monoisotopic (exact) mass is 303 g/mol. The molecule has 1 aromatic carbocycles. The van der Waals surface area contributed by atoms with E-state index in [9.17, 15) is 4.79 Å². The van der Waals surface area contributed by atoms with Gasteiger partial charge in [0.15, 0.2) is 5.82 Å². The van der Waals surface area contributed by atoms with Crippen molar-refractivity contribution in [3.05, 3.63) is 47.1 Å². The predicted molar refractivity (Wildman–Crippen MR) is 81.5 cm³/mol. The number of nitrogens with zero attached hydrogens (tertiary/aromatic N) is 2. The summed E-state index contributed by atoms with van der Waals surface area (Å²) in [7, 11) is 0. The molecular weight excluding hydrogens is 282 g/mol. The molecule has 0 aliphatic heterocycles. The van der Waals surface area contributed by atoms with E-state index in [1.807, 2.05) is 38.1 Å². The molecule has 2 aromatic rings. The van der Waals surface area contributed by atoms with Crippen LogP contribution in [0, 0.1) is 6.92 Å². The molecule has 2 N–H and O–H groups in total. The maximum atomic E-state index is 11.1. The lowest BCUT2D eigenvalue weighted by Crippen LogP contribution is -2.36. The lowest BCUT2D eigenvalue weighted by molar-refractivity contribution is -0.139. The van der Waals surface area contributed by atoms with Crippen molar-refractivity contribution in [1.82, 2.24) is 15.5 Å². The van der Waals surface area contributed by atoms with Crippen LogP contribution in [-0.2, 0) is 17.8 Å². The fraction of sp³-hybridized carbons (Fsp3) is 0.438. The maximum Gasteiger partial charge on any atom is 0.320 e. The van der Waals surface area contributed by atoms with Crippen LogP contribution in [0.15, 0.2) is 28.8 Å². The number of rotatable bonds is 8. The van der Waals surface area contributed by atoms with E-state index in [1.54, 1.807) is 0 Å². The van der Waals surface area contributed by atoms with Crippen molar-refractivity contribution in [2.45, 2.75) is 45.7 Å². The fourth-order valence-corrected chi connectivity index (χ4v) is 2.22. The number of aromatic nitrogens is 2. The van der Waals surface area contributed by atoms with Gasteiger partial charge in [-0.25, -0.2) is 0 Å². The smallest absolute Gasteiger partial charge is 0.320 e. The molecule has 0 fully saturated rings. The van der Waals surface area contributed by atoms with Crippen molar-refractivity contribution in [3.63, 3.8) is 0 Å². The van der Waals surface area contributed by atoms with Gasteiger partial charge < -0.3 is 9.63 Å². The van der Waals surface area contributed by atoms with Crippen LogP contribution in [0.25, 0.3) is 0 Å². The van der Waals surface area contributed by atoms with Crippen molar-refractivity contribution in [2.24, 2.45) is 0 Å². The lowest BCUT2D eigenvalue weighted by Gasteiger charge is -2.11. The molecule has 0 spiro atoms. The molecule has 0 saturated heterocycles. The molecule has 0 aliphatic rings. The normalized spacial score (nSPS) is 12.3. The minimum atomic E-state index is -0.860. The summed E-state index contributed by atoms with van der Waals surface area (Å²) in [6.45, 7) is 4.25. The number of carboxylic acid groups (broad SMARTS) is 1. The zero-order chi connectivity index (χ0) is 15.9. The van der Waals surface area contributed by atoms with Gasteiger partial charge in [0.05, 0.1) is 6.54 Å². The first kappa shape index (κ1) is 16.2. The number of nitrogens with one attached hydrogen (secondary N) is 1. The minimum absolute atomic E-state index is 0.262. The number of benzene rings is 1. The van der Waals surface area contributed by atoms with E-state index in [-0.39, 0.29) is 6.54 Å². The second-order valence-electron chi connectivity index (χ2n) is 5.27. The first-order valence-corrected chi connectivity index (χ1v) is 7.42. The highest BCUT2D eigenvalue weighted by Crippen LogP contribution is 2.11. The summed E-state index contributed by atoms with van der Waals surface area (Å²) in [5, 5.41) is 16.0. The van der Waals surface area contributed by atoms with Gasteiger partial charge in [-0.3, -0.25) is 10.1 Å². The third kappa shape index (κ3) is 4.39. The van der Waals surface area contributed by atoms with Crippen LogP contribution in [0.2, 0.25) is 0 Å². The molecule has 0 bridgehead atoms. The van der Waals surface area contributed by atoms with Crippen molar-refractivity contribution in [3.8, 4) is 0 Å². The molecular formula is C16H21N3O3. The Kier molecular flexibility index (Phi) is 5.66. The van der Waals surface area contributed by atoms with Crippen LogP contribution in [0.3, 0.4) is 0 Å². The van der Waals surface area contributed by atoms with E-state index in [1.165, 1.54) is 5.56 Å². The zero-order valence-corrected chi connectivity index (χ0v) is 12.9. The first-order valence-electron chi connectivity index (χ1n) is 7.42. The molecule has 1 atom stereocenters. The van der Waals surface area contributed by atoms with Crippen molar-refractivity contribution < 1.29 is 14.4 Å². The number of carboxylic acids is 1. The summed E-state index contributed by atoms with van der Waals surface area (Å²) in [6.07, 6.45) is 1.97. The Hall–Kier alpha value is -2.21. The Labute approximate surface area is 129 Å². The number of carbonyl (C=O) groups is 1. The molecule has 1 unspecified atom stereocenters. The number of hydrogen-bond donors (Lipinski definition) is 2. The van der Waals surface area contributed by atoms with E-state index in [0.29, 0.717) is 24.6 Å². The van der Waals surface area contributed by atoms with Gasteiger partial charge in [0.25, 0.3) is 0 Å². The fourth-order valence-electron chi connectivity index (χ4n) is 2.22. The van der Waals surface area contributed by atoms with Crippen molar-refractivity contribution >= 4 is 5.97 Å². The average Bonchev–Trinajstić information content (AvgIpc) is 2.93. The molecule has 118 valence electrons. The summed E-state index contributed by atoms with van der Waals surface area (Å²) < 4.78 is 5.17. The average molecular weight is 303 g/mol. The van der Waals surface area contributed by atoms with Gasteiger partial charge >= 0.3 is 5.97 Å².